The zero-order valence-corrected chi connectivity index (χ0v) is 48.7. The Morgan fingerprint density at radius 1 is 0.987 bits per heavy atom. The molecule has 24 nitrogen and oxygen atoms in total. The number of fused-ring (bicyclic) bond motifs is 5. The molecule has 2 aliphatic carbocycles. The van der Waals surface area contributed by atoms with Crippen LogP contribution in [0.15, 0.2) is 29.1 Å². The number of amides is 7. The van der Waals surface area contributed by atoms with Gasteiger partial charge in [0.25, 0.3) is 17.4 Å². The zero-order chi connectivity index (χ0) is 58.2. The molecule has 0 bridgehead atoms. The van der Waals surface area contributed by atoms with Crippen molar-refractivity contribution < 1.29 is 67.2 Å². The SMILES string of the molecule is C1CC1.CC.CCC(=O)NC([CH2][Pb])CC(=O)NCOCC=O.CCC1C(=O)OCc2c1cc1n(c2=O)Cc2c-1nc1cc(F)c(C)c3c1c2C(NC)CC3.CNCCOO.NC(=O)CN1C(=O)C=CC1=O.NC=O.NC=O. The van der Waals surface area contributed by atoms with E-state index in [-0.39, 0.29) is 87.0 Å². The van der Waals surface area contributed by atoms with Crippen LogP contribution in [0.4, 0.5) is 4.39 Å². The third kappa shape index (κ3) is 21.2. The quantitative estimate of drug-likeness (QED) is 0.0114. The molecule has 3 radical (unpaired) electrons. The number of ether oxygens (including phenoxy) is 2. The van der Waals surface area contributed by atoms with E-state index in [9.17, 15) is 42.7 Å². The number of nitrogens with one attached hydrogen (secondary N) is 4. The van der Waals surface area contributed by atoms with Crippen molar-refractivity contribution in [3.05, 3.63) is 73.8 Å². The molecule has 77 heavy (non-hydrogen) atoms. The molecule has 5 aliphatic rings. The number of likely N-dealkylation sites (N-methyl/N-ethyl adjacent to an activating group) is 1. The van der Waals surface area contributed by atoms with E-state index in [4.69, 9.17) is 35.0 Å². The van der Waals surface area contributed by atoms with Gasteiger partial charge in [-0.25, -0.2) is 14.3 Å². The predicted molar refractivity (Wildman–Crippen MR) is 284 cm³/mol. The largest absolute Gasteiger partial charge is 0.460 e. The van der Waals surface area contributed by atoms with E-state index in [2.05, 4.69) is 37.6 Å². The number of aryl methyl sites for hydroxylation is 1. The molecular formula is C51H74FN10O14Pb. The summed E-state index contributed by atoms with van der Waals surface area (Å²) in [6.45, 7) is 10.6. The number of carbonyl (C=O) groups excluding carboxylic acids is 9. The molecule has 423 valence electrons. The molecule has 0 saturated heterocycles. The second kappa shape index (κ2) is 37.4. The molecule has 5 heterocycles. The van der Waals surface area contributed by atoms with Gasteiger partial charge in [0.2, 0.25) is 18.7 Å². The molecule has 3 aliphatic heterocycles. The molecule has 26 heteroatoms. The Morgan fingerprint density at radius 3 is 2.10 bits per heavy atom. The van der Waals surface area contributed by atoms with Crippen molar-refractivity contribution in [2.45, 2.75) is 121 Å². The average Bonchev–Trinajstić information content (AvgIpc) is 4.22. The summed E-state index contributed by atoms with van der Waals surface area (Å²) in [4.78, 5) is 117. The van der Waals surface area contributed by atoms with Gasteiger partial charge in [-0.05, 0) is 68.6 Å². The number of pyridine rings is 2. The fourth-order valence-corrected chi connectivity index (χ4v) is 8.75. The zero-order valence-electron chi connectivity index (χ0n) is 44.8. The molecule has 3 unspecified atom stereocenters. The molecule has 3 aromatic rings. The standard InChI is InChI=1S/C25H24FN3O3.C10H17N2O4.C6H6N2O3.C3H9NO2.C3H6.C2H6.2CH3NO.Pb/c1-4-12-14-7-20-23-15(9-29(20)24(30)16(14)10-32-25(12)31)22-18(27-3)6-5-13-11(2)17(26)8-19(28-23)21(13)22;1-3-9(14)12-8(2)6-10(15)11-7-16-5-4-13;7-4(9)3-8-5(10)1-2-6(8)11;1-4-2-3-6-5;1-2-3-1;1-2;2*2-1-3;/h7-8,12,18,27H,4-6,9-10H2,1-3H3;4,8H,2-3,5-7H2,1H3,(H,11,15)(H,12,14);1-2H,3H2,(H2,7,9);4-5H,2-3H2,1H3;1-3H2;1-2H3;2*1H,(H2,2,3);. The topological polar surface area (TPSA) is 366 Å². The summed E-state index contributed by atoms with van der Waals surface area (Å²) in [6, 6.07) is 3.46. The first-order chi connectivity index (χ1) is 36.9. The number of primary amides is 3. The number of hydrogen-bond acceptors (Lipinski definition) is 17. The molecule has 1 aromatic carbocycles. The number of aldehydes is 1. The smallest absolute Gasteiger partial charge is 0.313 e. The number of aromatic nitrogens is 2. The normalized spacial score (nSPS) is 15.5. The summed E-state index contributed by atoms with van der Waals surface area (Å²) in [5.74, 6) is -2.90. The Balaban J connectivity index is 0.000000552. The van der Waals surface area contributed by atoms with Crippen molar-refractivity contribution in [3.8, 4) is 11.4 Å². The summed E-state index contributed by atoms with van der Waals surface area (Å²) in [6.07, 6.45) is 10.7. The van der Waals surface area contributed by atoms with Gasteiger partial charge in [0, 0.05) is 41.8 Å². The van der Waals surface area contributed by atoms with Crippen LogP contribution >= 0.6 is 0 Å². The second-order valence-electron chi connectivity index (χ2n) is 16.7. The molecule has 7 amide bonds. The number of cyclic esters (lactones) is 1. The van der Waals surface area contributed by atoms with E-state index >= 15 is 0 Å². The monoisotopic (exact) mass is 1280 g/mol. The predicted octanol–water partition coefficient (Wildman–Crippen LogP) is 1.27. The first-order valence-electron chi connectivity index (χ1n) is 24.9. The minimum Gasteiger partial charge on any atom is -0.460 e. The van der Waals surface area contributed by atoms with Crippen LogP contribution in [0.3, 0.4) is 0 Å². The third-order valence-electron chi connectivity index (χ3n) is 11.5. The maximum atomic E-state index is 14.7. The van der Waals surface area contributed by atoms with Crippen LogP contribution < -0.4 is 44.0 Å². The van der Waals surface area contributed by atoms with Gasteiger partial charge in [0.05, 0.1) is 41.5 Å². The van der Waals surface area contributed by atoms with E-state index in [1.54, 1.807) is 18.5 Å². The first-order valence-corrected chi connectivity index (χ1v) is 27.7. The minimum absolute atomic E-state index is 0.0100. The Bertz CT molecular complexity index is 2550. The number of nitrogens with zero attached hydrogens (tertiary/aromatic N) is 3. The first kappa shape index (κ1) is 68.6. The number of rotatable bonds is 16. The van der Waals surface area contributed by atoms with Crippen molar-refractivity contribution in [1.82, 2.24) is 35.7 Å². The maximum absolute atomic E-state index is 14.7. The molecule has 0 spiro atoms. The van der Waals surface area contributed by atoms with Gasteiger partial charge in [0.1, 0.15) is 19.0 Å². The van der Waals surface area contributed by atoms with Crippen molar-refractivity contribution in [1.29, 1.82) is 0 Å². The summed E-state index contributed by atoms with van der Waals surface area (Å²) in [7, 11) is 3.73. The van der Waals surface area contributed by atoms with E-state index in [0.29, 0.717) is 61.2 Å². The molecule has 11 N–H and O–H groups in total. The fourth-order valence-electron chi connectivity index (χ4n) is 7.79. The number of benzene rings is 1. The van der Waals surface area contributed by atoms with Crippen molar-refractivity contribution in [3.63, 3.8) is 0 Å². The molecule has 2 aromatic heterocycles. The van der Waals surface area contributed by atoms with Crippen LogP contribution in [0.25, 0.3) is 22.3 Å². The third-order valence-corrected chi connectivity index (χ3v) is 13.4. The number of imide groups is 1. The number of carbonyl (C=O) groups is 9. The second-order valence-corrected chi connectivity index (χ2v) is 18.2. The van der Waals surface area contributed by atoms with E-state index in [1.165, 1.54) is 25.3 Å². The molecule has 1 saturated carbocycles. The van der Waals surface area contributed by atoms with E-state index in [0.717, 1.165) is 93.0 Å². The summed E-state index contributed by atoms with van der Waals surface area (Å²) >= 11 is 0.919. The van der Waals surface area contributed by atoms with Gasteiger partial charge in [-0.3, -0.25) is 43.7 Å². The number of hydrogen-bond donors (Lipinski definition) is 8. The van der Waals surface area contributed by atoms with Gasteiger partial charge in [0.15, 0.2) is 0 Å². The average molecular weight is 1280 g/mol. The number of esters is 1. The van der Waals surface area contributed by atoms with Crippen LogP contribution in [0, 0.1) is 12.7 Å². The molecule has 3 atom stereocenters. The fraction of sp³-hybridized carbons (Fsp3) is 0.510. The summed E-state index contributed by atoms with van der Waals surface area (Å²) in [5.41, 5.74) is 20.2. The molecule has 1 fully saturated rings. The van der Waals surface area contributed by atoms with Crippen LogP contribution in [0.1, 0.15) is 118 Å². The van der Waals surface area contributed by atoms with Gasteiger partial charge >= 0.3 is 123 Å². The number of halogens is 1. The van der Waals surface area contributed by atoms with E-state index < -0.39 is 23.6 Å². The van der Waals surface area contributed by atoms with Crippen LogP contribution in [-0.2, 0) is 77.1 Å². The van der Waals surface area contributed by atoms with Crippen LogP contribution in [0.2, 0.25) is 3.98 Å². The Kier molecular flexibility index (Phi) is 33.3. The van der Waals surface area contributed by atoms with Crippen molar-refractivity contribution in [2.24, 2.45) is 17.2 Å². The maximum Gasteiger partial charge on any atom is 0.313 e. The van der Waals surface area contributed by atoms with Gasteiger partial charge in [-0.1, -0.05) is 40.0 Å². The van der Waals surface area contributed by atoms with Crippen LogP contribution in [0.5, 0.6) is 0 Å². The summed E-state index contributed by atoms with van der Waals surface area (Å²) in [5, 5.41) is 20.2. The van der Waals surface area contributed by atoms with Gasteiger partial charge in [-0.15, -0.1) is 0 Å². The Morgan fingerprint density at radius 2 is 1.61 bits per heavy atom. The Labute approximate surface area is 462 Å². The summed E-state index contributed by atoms with van der Waals surface area (Å²) < 4.78 is 27.4. The van der Waals surface area contributed by atoms with Crippen molar-refractivity contribution >= 4 is 91.3 Å². The molecule has 8 rings (SSSR count). The Hall–Kier alpha value is -6.40. The van der Waals surface area contributed by atoms with E-state index in [1.807, 2.05) is 40.8 Å². The molecular weight excluding hydrogens is 1200 g/mol. The van der Waals surface area contributed by atoms with Crippen LogP contribution in [-0.4, -0.2) is 153 Å². The number of nitrogens with two attached hydrogens (primary N) is 3. The van der Waals surface area contributed by atoms with Crippen molar-refractivity contribution in [2.75, 3.05) is 47.1 Å². The minimum atomic E-state index is -0.699. The van der Waals surface area contributed by atoms with Gasteiger partial charge in [-0.2, -0.15) is 0 Å². The van der Waals surface area contributed by atoms with Gasteiger partial charge < -0.3 is 37.1 Å².